The molecule has 7 heteroatoms. The summed E-state index contributed by atoms with van der Waals surface area (Å²) in [6.45, 7) is 0. The lowest BCUT2D eigenvalue weighted by atomic mass is 10.1. The largest absolute Gasteiger partial charge is 0.459 e. The molecule has 4 N–H and O–H groups in total. The Morgan fingerprint density at radius 2 is 2.21 bits per heavy atom. The van der Waals surface area contributed by atoms with Crippen LogP contribution in [0.1, 0.15) is 16.1 Å². The number of nitrogens with one attached hydrogen (secondary N) is 1. The van der Waals surface area contributed by atoms with Crippen molar-refractivity contribution >= 4 is 17.4 Å². The van der Waals surface area contributed by atoms with Gasteiger partial charge in [0, 0.05) is 5.69 Å². The van der Waals surface area contributed by atoms with Crippen molar-refractivity contribution in [1.29, 1.82) is 0 Å². The van der Waals surface area contributed by atoms with Gasteiger partial charge in [0.15, 0.2) is 11.6 Å². The van der Waals surface area contributed by atoms with Crippen LogP contribution in [-0.2, 0) is 0 Å². The molecule has 0 saturated heterocycles. The van der Waals surface area contributed by atoms with Crippen LogP contribution in [0.3, 0.4) is 0 Å². The third-order valence-corrected chi connectivity index (χ3v) is 2.35. The monoisotopic (exact) mass is 263 g/mol. The number of hydrogen-bond acceptors (Lipinski definition) is 4. The summed E-state index contributed by atoms with van der Waals surface area (Å²) in [7, 11) is 0. The number of amides is 1. The van der Waals surface area contributed by atoms with Gasteiger partial charge in [-0.15, -0.1) is 0 Å². The van der Waals surface area contributed by atoms with Crippen LogP contribution in [-0.4, -0.2) is 17.0 Å². The average Bonchev–Trinajstić information content (AvgIpc) is 2.94. The maximum absolute atomic E-state index is 13.4. The molecule has 1 amide bonds. The molecule has 0 atom stereocenters. The van der Waals surface area contributed by atoms with E-state index in [4.69, 9.17) is 15.4 Å². The van der Waals surface area contributed by atoms with Crippen LogP contribution in [0.5, 0.6) is 0 Å². The van der Waals surface area contributed by atoms with E-state index >= 15 is 0 Å². The smallest absolute Gasteiger partial charge is 0.291 e. The molecule has 0 bridgehead atoms. The van der Waals surface area contributed by atoms with E-state index in [2.05, 4.69) is 10.5 Å². The predicted octanol–water partition coefficient (Wildman–Crippen LogP) is 1.77. The Kier molecular flexibility index (Phi) is 3.46. The molecular weight excluding hydrogens is 253 g/mol. The van der Waals surface area contributed by atoms with E-state index in [1.807, 2.05) is 0 Å². The molecule has 0 spiro atoms. The third-order valence-electron chi connectivity index (χ3n) is 2.35. The maximum atomic E-state index is 13.4. The second-order valence-electron chi connectivity index (χ2n) is 3.61. The van der Waals surface area contributed by atoms with E-state index in [9.17, 15) is 9.18 Å². The minimum Gasteiger partial charge on any atom is -0.459 e. The fourth-order valence-corrected chi connectivity index (χ4v) is 1.45. The summed E-state index contributed by atoms with van der Waals surface area (Å²) >= 11 is 0. The zero-order valence-electron chi connectivity index (χ0n) is 9.63. The predicted molar refractivity (Wildman–Crippen MR) is 65.6 cm³/mol. The van der Waals surface area contributed by atoms with Crippen LogP contribution in [0.25, 0.3) is 0 Å². The normalized spacial score (nSPS) is 11.3. The van der Waals surface area contributed by atoms with Crippen molar-refractivity contribution in [1.82, 2.24) is 0 Å². The van der Waals surface area contributed by atoms with Crippen LogP contribution in [0.4, 0.5) is 10.1 Å². The van der Waals surface area contributed by atoms with Crippen LogP contribution < -0.4 is 11.1 Å². The van der Waals surface area contributed by atoms with E-state index < -0.39 is 11.7 Å². The van der Waals surface area contributed by atoms with Crippen molar-refractivity contribution in [2.45, 2.75) is 0 Å². The van der Waals surface area contributed by atoms with Crippen molar-refractivity contribution in [3.8, 4) is 0 Å². The summed E-state index contributed by atoms with van der Waals surface area (Å²) < 4.78 is 18.3. The van der Waals surface area contributed by atoms with Gasteiger partial charge in [0.2, 0.25) is 0 Å². The second kappa shape index (κ2) is 5.21. The molecule has 0 fully saturated rings. The van der Waals surface area contributed by atoms with Crippen LogP contribution in [0.15, 0.2) is 46.2 Å². The molecule has 0 radical (unpaired) electrons. The Morgan fingerprint density at radius 1 is 1.42 bits per heavy atom. The first-order valence-electron chi connectivity index (χ1n) is 5.24. The fraction of sp³-hybridized carbons (Fsp3) is 0. The lowest BCUT2D eigenvalue weighted by molar-refractivity contribution is 0.0996. The molecule has 0 aliphatic heterocycles. The SMILES string of the molecule is NC(=NO)c1cc(NC(=O)c2ccco2)ccc1F. The van der Waals surface area contributed by atoms with Crippen molar-refractivity contribution < 1.29 is 18.8 Å². The van der Waals surface area contributed by atoms with Gasteiger partial charge in [-0.3, -0.25) is 4.79 Å². The highest BCUT2D eigenvalue weighted by molar-refractivity contribution is 6.03. The number of carbonyl (C=O) groups excluding carboxylic acids is 1. The van der Waals surface area contributed by atoms with E-state index in [0.29, 0.717) is 5.69 Å². The Labute approximate surface area is 107 Å². The quantitative estimate of drug-likeness (QED) is 0.340. The highest BCUT2D eigenvalue weighted by Crippen LogP contribution is 2.16. The van der Waals surface area contributed by atoms with Crippen molar-refractivity contribution in [3.63, 3.8) is 0 Å². The molecule has 0 aliphatic carbocycles. The lowest BCUT2D eigenvalue weighted by Crippen LogP contribution is -2.16. The molecule has 0 aliphatic rings. The van der Waals surface area contributed by atoms with Gasteiger partial charge >= 0.3 is 0 Å². The van der Waals surface area contributed by atoms with Gasteiger partial charge < -0.3 is 20.7 Å². The minimum absolute atomic E-state index is 0.111. The number of nitrogens with two attached hydrogens (primary N) is 1. The van der Waals surface area contributed by atoms with Gasteiger partial charge in [0.1, 0.15) is 5.82 Å². The van der Waals surface area contributed by atoms with E-state index in [-0.39, 0.29) is 17.2 Å². The Bertz CT molecular complexity index is 623. The van der Waals surface area contributed by atoms with Gasteiger partial charge in [0.25, 0.3) is 5.91 Å². The summed E-state index contributed by atoms with van der Waals surface area (Å²) in [5, 5.41) is 13.7. The Hall–Kier alpha value is -2.83. The zero-order valence-corrected chi connectivity index (χ0v) is 9.63. The number of benzene rings is 1. The third kappa shape index (κ3) is 2.71. The number of amidine groups is 1. The van der Waals surface area contributed by atoms with Crippen LogP contribution >= 0.6 is 0 Å². The van der Waals surface area contributed by atoms with Crippen molar-refractivity contribution in [2.75, 3.05) is 5.32 Å². The molecule has 1 aromatic carbocycles. The number of furan rings is 1. The van der Waals surface area contributed by atoms with Gasteiger partial charge in [0.05, 0.1) is 11.8 Å². The number of nitrogens with zero attached hydrogens (tertiary/aromatic N) is 1. The van der Waals surface area contributed by atoms with Crippen LogP contribution in [0.2, 0.25) is 0 Å². The Morgan fingerprint density at radius 3 is 2.84 bits per heavy atom. The number of carbonyl (C=O) groups is 1. The number of hydrogen-bond donors (Lipinski definition) is 3. The maximum Gasteiger partial charge on any atom is 0.291 e. The minimum atomic E-state index is -0.661. The molecular formula is C12H10FN3O3. The highest BCUT2D eigenvalue weighted by atomic mass is 19.1. The van der Waals surface area contributed by atoms with Crippen molar-refractivity contribution in [2.24, 2.45) is 10.9 Å². The summed E-state index contributed by atoms with van der Waals surface area (Å²) in [5.41, 5.74) is 5.50. The van der Waals surface area contributed by atoms with Gasteiger partial charge in [-0.2, -0.15) is 0 Å². The topological polar surface area (TPSA) is 101 Å². The summed E-state index contributed by atoms with van der Waals surface area (Å²) in [6.07, 6.45) is 1.36. The second-order valence-corrected chi connectivity index (χ2v) is 3.61. The van der Waals surface area contributed by atoms with E-state index in [1.165, 1.54) is 24.5 Å². The molecule has 19 heavy (non-hydrogen) atoms. The summed E-state index contributed by atoms with van der Waals surface area (Å²) in [4.78, 5) is 11.7. The molecule has 98 valence electrons. The first-order chi connectivity index (χ1) is 9.11. The molecule has 2 aromatic rings. The number of rotatable bonds is 3. The van der Waals surface area contributed by atoms with Crippen molar-refractivity contribution in [3.05, 3.63) is 53.7 Å². The van der Waals surface area contributed by atoms with Gasteiger partial charge in [-0.25, -0.2) is 4.39 Å². The Balaban J connectivity index is 2.25. The highest BCUT2D eigenvalue weighted by Gasteiger charge is 2.12. The van der Waals surface area contributed by atoms with Crippen LogP contribution in [0, 0.1) is 5.82 Å². The number of halogens is 1. The van der Waals surface area contributed by atoms with Gasteiger partial charge in [-0.05, 0) is 30.3 Å². The first kappa shape index (κ1) is 12.6. The average molecular weight is 263 g/mol. The lowest BCUT2D eigenvalue weighted by Gasteiger charge is -2.06. The molecule has 1 aromatic heterocycles. The molecule has 1 heterocycles. The summed E-state index contributed by atoms with van der Waals surface area (Å²) in [6, 6.07) is 6.77. The molecule has 0 unspecified atom stereocenters. The molecule has 6 nitrogen and oxygen atoms in total. The summed E-state index contributed by atoms with van der Waals surface area (Å²) in [5.74, 6) is -1.41. The van der Waals surface area contributed by atoms with E-state index in [1.54, 1.807) is 6.07 Å². The van der Waals surface area contributed by atoms with E-state index in [0.717, 1.165) is 6.07 Å². The van der Waals surface area contributed by atoms with Gasteiger partial charge in [-0.1, -0.05) is 5.16 Å². The zero-order chi connectivity index (χ0) is 13.8. The fourth-order valence-electron chi connectivity index (χ4n) is 1.45. The standard InChI is InChI=1S/C12H10FN3O3/c13-9-4-3-7(6-8(9)11(14)16-18)15-12(17)10-2-1-5-19-10/h1-6,18H,(H2,14,16)(H,15,17). The number of oxime groups is 1. The number of anilines is 1. The molecule has 2 rings (SSSR count). The molecule has 0 saturated carbocycles. The first-order valence-corrected chi connectivity index (χ1v) is 5.24.